The van der Waals surface area contributed by atoms with Crippen LogP contribution < -0.4 is 0 Å². The molecule has 2 aliphatic rings. The molecule has 3 heteroatoms. The zero-order valence-corrected chi connectivity index (χ0v) is 7.24. The Morgan fingerprint density at radius 3 is 2.64 bits per heavy atom. The van der Waals surface area contributed by atoms with Crippen LogP contribution in [-0.4, -0.2) is 5.97 Å². The van der Waals surface area contributed by atoms with E-state index in [1.807, 2.05) is 18.2 Å². The van der Waals surface area contributed by atoms with Gasteiger partial charge in [-0.3, -0.25) is 0 Å². The van der Waals surface area contributed by atoms with Crippen molar-refractivity contribution in [2.24, 2.45) is 0 Å². The van der Waals surface area contributed by atoms with Crippen LogP contribution in [-0.2, 0) is 4.94 Å². The van der Waals surface area contributed by atoms with Crippen molar-refractivity contribution in [3.05, 3.63) is 48.0 Å². The Kier molecular flexibility index (Phi) is 2.14. The lowest BCUT2D eigenvalue weighted by atomic mass is 10.1. The predicted octanol–water partition coefficient (Wildman–Crippen LogP) is 2.83. The van der Waals surface area contributed by atoms with Gasteiger partial charge in [0.25, 0.3) is 0 Å². The molecule has 0 aromatic rings. The van der Waals surface area contributed by atoms with Crippen LogP contribution in [0, 0.1) is 0 Å². The number of hydrogen-bond donors (Lipinski definition) is 0. The predicted molar refractivity (Wildman–Crippen MR) is 49.6 cm³/mol. The van der Waals surface area contributed by atoms with Gasteiger partial charge in [0.05, 0.1) is 5.56 Å². The average molecular weight is 190 g/mol. The summed E-state index contributed by atoms with van der Waals surface area (Å²) in [5, 5.41) is 0. The van der Waals surface area contributed by atoms with Crippen LogP contribution in [0.3, 0.4) is 0 Å². The zero-order valence-electron chi connectivity index (χ0n) is 7.24. The topological polar surface area (TPSA) is 26.3 Å². The summed E-state index contributed by atoms with van der Waals surface area (Å²) in [5.74, 6) is -0.953. The van der Waals surface area contributed by atoms with Gasteiger partial charge in [-0.25, -0.2) is 9.74 Å². The first-order chi connectivity index (χ1) is 6.83. The number of carbonyl (C=O) groups is 1. The van der Waals surface area contributed by atoms with Crippen molar-refractivity contribution in [2.45, 2.75) is 0 Å². The maximum atomic E-state index is 11.7. The van der Waals surface area contributed by atoms with Crippen molar-refractivity contribution in [1.82, 2.24) is 0 Å². The van der Waals surface area contributed by atoms with Crippen molar-refractivity contribution in [3.8, 4) is 11.1 Å². The van der Waals surface area contributed by atoms with Crippen LogP contribution in [0.2, 0.25) is 0 Å². The third kappa shape index (κ3) is 1.33. The second-order valence-electron chi connectivity index (χ2n) is 2.89. The van der Waals surface area contributed by atoms with Gasteiger partial charge >= 0.3 is 5.97 Å². The van der Waals surface area contributed by atoms with Gasteiger partial charge in [-0.15, -0.1) is 0 Å². The molecule has 2 rings (SSSR count). The van der Waals surface area contributed by atoms with Gasteiger partial charge in [0.1, 0.15) is 0 Å². The summed E-state index contributed by atoms with van der Waals surface area (Å²) in [6, 6.07) is 12.4. The van der Waals surface area contributed by atoms with Gasteiger partial charge in [-0.2, -0.15) is 0 Å². The fourth-order valence-corrected chi connectivity index (χ4v) is 1.43. The van der Waals surface area contributed by atoms with E-state index in [-0.39, 0.29) is 5.56 Å². The molecule has 14 heavy (non-hydrogen) atoms. The van der Waals surface area contributed by atoms with Crippen molar-refractivity contribution in [3.63, 3.8) is 0 Å². The molecule has 0 saturated heterocycles. The van der Waals surface area contributed by atoms with Crippen LogP contribution in [0.15, 0.2) is 42.5 Å². The fourth-order valence-electron chi connectivity index (χ4n) is 1.43. The van der Waals surface area contributed by atoms with E-state index in [9.17, 15) is 9.32 Å². The molecule has 0 aromatic carbocycles. The molecule has 0 spiro atoms. The summed E-state index contributed by atoms with van der Waals surface area (Å²) < 4.78 is 11.7. The van der Waals surface area contributed by atoms with Crippen LogP contribution >= 0.6 is 0 Å². The lowest BCUT2D eigenvalue weighted by molar-refractivity contribution is -0.0786. The largest absolute Gasteiger partial charge is 0.380 e. The van der Waals surface area contributed by atoms with Gasteiger partial charge in [0.15, 0.2) is 0 Å². The maximum absolute atomic E-state index is 11.7. The van der Waals surface area contributed by atoms with E-state index in [4.69, 9.17) is 0 Å². The van der Waals surface area contributed by atoms with Gasteiger partial charge in [-0.05, 0) is 17.2 Å². The highest BCUT2D eigenvalue weighted by Gasteiger charge is 2.16. The maximum Gasteiger partial charge on any atom is 0.380 e. The summed E-state index contributed by atoms with van der Waals surface area (Å²) in [6.45, 7) is 0. The highest BCUT2D eigenvalue weighted by atomic mass is 19.3. The lowest BCUT2D eigenvalue weighted by Crippen LogP contribution is -1.97. The highest BCUT2D eigenvalue weighted by molar-refractivity contribution is 5.98. The smallest absolute Gasteiger partial charge is 0.249 e. The molecule has 0 amide bonds. The molecule has 2 nitrogen and oxygen atoms in total. The second kappa shape index (κ2) is 3.46. The molecule has 70 valence electrons. The fraction of sp³-hybridized carbons (Fsp3) is 0. The Labute approximate surface area is 80.2 Å². The Bertz CT molecular complexity index is 439. The minimum atomic E-state index is -0.953. The third-order valence-corrected chi connectivity index (χ3v) is 2.08. The van der Waals surface area contributed by atoms with E-state index >= 15 is 0 Å². The summed E-state index contributed by atoms with van der Waals surface area (Å²) >= 11 is 0. The Balaban J connectivity index is 2.58. The quantitative estimate of drug-likeness (QED) is 0.691. The van der Waals surface area contributed by atoms with Crippen LogP contribution in [0.4, 0.5) is 4.53 Å². The number of halogens is 1. The first-order valence-electron chi connectivity index (χ1n) is 4.13. The molecule has 0 saturated carbocycles. The van der Waals surface area contributed by atoms with Crippen molar-refractivity contribution < 1.29 is 14.3 Å². The van der Waals surface area contributed by atoms with Crippen molar-refractivity contribution in [1.29, 1.82) is 0 Å². The molecule has 0 unspecified atom stereocenters. The number of carbonyl (C=O) groups excluding carboxylic acids is 1. The first kappa shape index (κ1) is 8.69. The van der Waals surface area contributed by atoms with E-state index in [0.717, 1.165) is 5.56 Å². The molecule has 0 N–H and O–H groups in total. The summed E-state index contributed by atoms with van der Waals surface area (Å²) in [4.78, 5) is 14.2. The van der Waals surface area contributed by atoms with Crippen molar-refractivity contribution >= 4 is 5.97 Å². The summed E-state index contributed by atoms with van der Waals surface area (Å²) in [5.41, 5.74) is 1.83. The number of fused-ring (bicyclic) bond motifs is 1. The van der Waals surface area contributed by atoms with Crippen LogP contribution in [0.25, 0.3) is 11.1 Å². The monoisotopic (exact) mass is 190 g/mol. The van der Waals surface area contributed by atoms with Gasteiger partial charge in [-0.1, -0.05) is 36.4 Å². The van der Waals surface area contributed by atoms with Crippen LogP contribution in [0.5, 0.6) is 0 Å². The third-order valence-electron chi connectivity index (χ3n) is 2.08. The van der Waals surface area contributed by atoms with Crippen LogP contribution in [0.1, 0.15) is 10.4 Å². The first-order valence-corrected chi connectivity index (χ1v) is 4.13. The SMILES string of the molecule is O=C(OF)c1ccc2cccccc1-2. The van der Waals surface area contributed by atoms with E-state index in [0.29, 0.717) is 5.56 Å². The van der Waals surface area contributed by atoms with E-state index < -0.39 is 5.97 Å². The molecular formula is C11H7FO2. The Morgan fingerprint density at radius 1 is 1.07 bits per heavy atom. The van der Waals surface area contributed by atoms with Gasteiger partial charge < -0.3 is 0 Å². The summed E-state index contributed by atoms with van der Waals surface area (Å²) in [6.07, 6.45) is 0. The zero-order chi connectivity index (χ0) is 9.97. The molecule has 0 aromatic heterocycles. The minimum absolute atomic E-state index is 0.249. The molecule has 2 aliphatic carbocycles. The lowest BCUT2D eigenvalue weighted by Gasteiger charge is -1.95. The van der Waals surface area contributed by atoms with E-state index in [1.165, 1.54) is 0 Å². The van der Waals surface area contributed by atoms with Gasteiger partial charge in [0, 0.05) is 4.53 Å². The number of hydrogen-bond acceptors (Lipinski definition) is 2. The molecule has 0 heterocycles. The standard InChI is InChI=1S/C11H7FO2/c12-14-11(13)10-7-6-8-4-2-1-3-5-9(8)10/h1-7H. The van der Waals surface area contributed by atoms with E-state index in [1.54, 1.807) is 24.3 Å². The minimum Gasteiger partial charge on any atom is -0.249 e. The number of rotatable bonds is 1. The summed E-state index contributed by atoms with van der Waals surface area (Å²) in [7, 11) is 0. The Hall–Kier alpha value is -1.90. The molecular weight excluding hydrogens is 183 g/mol. The van der Waals surface area contributed by atoms with Gasteiger partial charge in [0.2, 0.25) is 0 Å². The Morgan fingerprint density at radius 2 is 1.86 bits per heavy atom. The molecule has 0 atom stereocenters. The second-order valence-corrected chi connectivity index (χ2v) is 2.89. The van der Waals surface area contributed by atoms with Crippen molar-refractivity contribution in [2.75, 3.05) is 0 Å². The van der Waals surface area contributed by atoms with E-state index in [2.05, 4.69) is 4.94 Å². The molecule has 0 aliphatic heterocycles. The average Bonchev–Trinajstić information content (AvgIpc) is 2.46. The normalized spacial score (nSPS) is 10.1. The highest BCUT2D eigenvalue weighted by Crippen LogP contribution is 2.27. The molecule has 0 fully saturated rings. The molecule has 0 radical (unpaired) electrons. The molecule has 0 bridgehead atoms.